The molecule has 3 N–H and O–H groups in total. The number of carbonyl (C=O) groups excluding carboxylic acids is 1. The molecule has 2 aromatic rings. The van der Waals surface area contributed by atoms with Gasteiger partial charge in [0.05, 0.1) is 12.6 Å². The third-order valence-electron chi connectivity index (χ3n) is 4.71. The van der Waals surface area contributed by atoms with Gasteiger partial charge in [-0.05, 0) is 30.4 Å². The molecule has 0 radical (unpaired) electrons. The van der Waals surface area contributed by atoms with Gasteiger partial charge in [-0.15, -0.1) is 0 Å². The van der Waals surface area contributed by atoms with Crippen LogP contribution in [0.15, 0.2) is 60.7 Å². The normalized spacial score (nSPS) is 16.2. The number of nitrogens with one attached hydrogen (secondary N) is 2. The topological polar surface area (TPSA) is 61.4 Å². The maximum absolute atomic E-state index is 12.2. The van der Waals surface area contributed by atoms with Gasteiger partial charge in [0.25, 0.3) is 0 Å². The molecule has 1 atom stereocenters. The summed E-state index contributed by atoms with van der Waals surface area (Å²) in [4.78, 5) is 12.2. The first-order chi connectivity index (χ1) is 11.7. The lowest BCUT2D eigenvalue weighted by Crippen LogP contribution is -2.46. The maximum Gasteiger partial charge on any atom is 0.315 e. The number of carbonyl (C=O) groups is 1. The van der Waals surface area contributed by atoms with Gasteiger partial charge < -0.3 is 15.7 Å². The van der Waals surface area contributed by atoms with Gasteiger partial charge in [0, 0.05) is 12.0 Å². The number of benzene rings is 2. The highest BCUT2D eigenvalue weighted by molar-refractivity contribution is 5.74. The van der Waals surface area contributed by atoms with Gasteiger partial charge in [0.15, 0.2) is 0 Å². The zero-order valence-electron chi connectivity index (χ0n) is 13.7. The number of amides is 2. The van der Waals surface area contributed by atoms with E-state index in [0.717, 1.165) is 18.4 Å². The Labute approximate surface area is 142 Å². The molecule has 4 heteroatoms. The third-order valence-corrected chi connectivity index (χ3v) is 4.71. The summed E-state index contributed by atoms with van der Waals surface area (Å²) >= 11 is 0. The monoisotopic (exact) mass is 324 g/mol. The van der Waals surface area contributed by atoms with Crippen molar-refractivity contribution in [2.24, 2.45) is 0 Å². The Bertz CT molecular complexity index is 654. The molecule has 3 rings (SSSR count). The van der Waals surface area contributed by atoms with Gasteiger partial charge in [-0.2, -0.15) is 0 Å². The molecule has 0 heterocycles. The van der Waals surface area contributed by atoms with Crippen molar-refractivity contribution in [3.8, 4) is 0 Å². The van der Waals surface area contributed by atoms with E-state index in [1.165, 1.54) is 5.56 Å². The molecule has 2 aromatic carbocycles. The van der Waals surface area contributed by atoms with E-state index in [9.17, 15) is 9.90 Å². The minimum Gasteiger partial charge on any atom is -0.394 e. The maximum atomic E-state index is 12.2. The molecule has 1 saturated carbocycles. The largest absolute Gasteiger partial charge is 0.394 e. The van der Waals surface area contributed by atoms with Gasteiger partial charge in [0.2, 0.25) is 0 Å². The van der Waals surface area contributed by atoms with Crippen LogP contribution in [0.4, 0.5) is 4.79 Å². The summed E-state index contributed by atoms with van der Waals surface area (Å²) in [5.41, 5.74) is 2.47. The minimum absolute atomic E-state index is 0.0772. The average Bonchev–Trinajstić information content (AvgIpc) is 3.42. The Kier molecular flexibility index (Phi) is 5.16. The van der Waals surface area contributed by atoms with E-state index >= 15 is 0 Å². The summed E-state index contributed by atoms with van der Waals surface area (Å²) in [6.07, 6.45) is 2.82. The zero-order chi connectivity index (χ0) is 16.8. The molecular formula is C20H24N2O2. The summed E-state index contributed by atoms with van der Waals surface area (Å²) < 4.78 is 0. The Hall–Kier alpha value is -2.33. The lowest BCUT2D eigenvalue weighted by atomic mass is 9.96. The number of hydrogen-bond acceptors (Lipinski definition) is 2. The van der Waals surface area contributed by atoms with Crippen molar-refractivity contribution in [2.45, 2.75) is 30.7 Å². The van der Waals surface area contributed by atoms with E-state index in [0.29, 0.717) is 13.0 Å². The number of rotatable bonds is 7. The van der Waals surface area contributed by atoms with Crippen molar-refractivity contribution in [3.05, 3.63) is 71.8 Å². The summed E-state index contributed by atoms with van der Waals surface area (Å²) in [5, 5.41) is 15.4. The molecule has 1 fully saturated rings. The highest BCUT2D eigenvalue weighted by atomic mass is 16.3. The molecule has 1 aliphatic carbocycles. The minimum atomic E-state index is -0.278. The number of urea groups is 1. The van der Waals surface area contributed by atoms with E-state index in [2.05, 4.69) is 22.8 Å². The molecule has 126 valence electrons. The van der Waals surface area contributed by atoms with Crippen LogP contribution >= 0.6 is 0 Å². The fourth-order valence-corrected chi connectivity index (χ4v) is 3.06. The summed E-state index contributed by atoms with van der Waals surface area (Å²) in [7, 11) is 0. The predicted molar refractivity (Wildman–Crippen MR) is 94.9 cm³/mol. The van der Waals surface area contributed by atoms with Crippen LogP contribution in [-0.4, -0.2) is 30.3 Å². The lowest BCUT2D eigenvalue weighted by Gasteiger charge is -2.20. The second kappa shape index (κ2) is 7.49. The predicted octanol–water partition coefficient (Wildman–Crippen LogP) is 2.62. The van der Waals surface area contributed by atoms with E-state index in [1.807, 2.05) is 48.5 Å². The molecule has 1 unspecified atom stereocenters. The van der Waals surface area contributed by atoms with E-state index in [4.69, 9.17) is 0 Å². The van der Waals surface area contributed by atoms with Crippen molar-refractivity contribution in [3.63, 3.8) is 0 Å². The molecule has 0 bridgehead atoms. The number of hydrogen-bond donors (Lipinski definition) is 3. The van der Waals surface area contributed by atoms with E-state index < -0.39 is 0 Å². The Balaban J connectivity index is 1.50. The average molecular weight is 324 g/mol. The first-order valence-corrected chi connectivity index (χ1v) is 8.46. The van der Waals surface area contributed by atoms with Crippen LogP contribution < -0.4 is 10.6 Å². The van der Waals surface area contributed by atoms with Gasteiger partial charge in [-0.1, -0.05) is 60.7 Å². The van der Waals surface area contributed by atoms with Crippen molar-refractivity contribution in [1.29, 1.82) is 0 Å². The van der Waals surface area contributed by atoms with Crippen molar-refractivity contribution >= 4 is 6.03 Å². The lowest BCUT2D eigenvalue weighted by molar-refractivity contribution is 0.215. The van der Waals surface area contributed by atoms with Crippen LogP contribution in [-0.2, 0) is 11.8 Å². The van der Waals surface area contributed by atoms with E-state index in [1.54, 1.807) is 0 Å². The molecule has 4 nitrogen and oxygen atoms in total. The molecule has 24 heavy (non-hydrogen) atoms. The summed E-state index contributed by atoms with van der Waals surface area (Å²) in [6.45, 7) is 0.554. The van der Waals surface area contributed by atoms with Gasteiger partial charge >= 0.3 is 6.03 Å². The standard InChI is InChI=1S/C20H24N2O2/c23-14-18(13-16-7-3-1-4-8-16)22-19(24)21-15-20(11-12-20)17-9-5-2-6-10-17/h1-10,18,23H,11-15H2,(H2,21,22,24). The third kappa shape index (κ3) is 4.15. The number of aliphatic hydroxyl groups is 1. The second-order valence-corrected chi connectivity index (χ2v) is 6.54. The number of aliphatic hydroxyl groups excluding tert-OH is 1. The molecule has 0 aliphatic heterocycles. The fourth-order valence-electron chi connectivity index (χ4n) is 3.06. The van der Waals surface area contributed by atoms with Crippen LogP contribution in [0.25, 0.3) is 0 Å². The quantitative estimate of drug-likeness (QED) is 0.733. The first-order valence-electron chi connectivity index (χ1n) is 8.46. The Morgan fingerprint density at radius 2 is 1.67 bits per heavy atom. The van der Waals surface area contributed by atoms with Gasteiger partial charge in [-0.3, -0.25) is 0 Å². The van der Waals surface area contributed by atoms with Gasteiger partial charge in [0.1, 0.15) is 0 Å². The van der Waals surface area contributed by atoms with Crippen molar-refractivity contribution in [2.75, 3.05) is 13.2 Å². The summed E-state index contributed by atoms with van der Waals surface area (Å²) in [6, 6.07) is 19.7. The van der Waals surface area contributed by atoms with Crippen LogP contribution in [0.3, 0.4) is 0 Å². The SMILES string of the molecule is O=C(NCC1(c2ccccc2)CC1)NC(CO)Cc1ccccc1. The van der Waals surface area contributed by atoms with Crippen LogP contribution in [0.5, 0.6) is 0 Å². The van der Waals surface area contributed by atoms with Crippen LogP contribution in [0, 0.1) is 0 Å². The highest BCUT2D eigenvalue weighted by Gasteiger charge is 2.44. The zero-order valence-corrected chi connectivity index (χ0v) is 13.7. The summed E-state index contributed by atoms with van der Waals surface area (Å²) in [5.74, 6) is 0. The van der Waals surface area contributed by atoms with Crippen LogP contribution in [0.1, 0.15) is 24.0 Å². The van der Waals surface area contributed by atoms with Gasteiger partial charge in [-0.25, -0.2) is 4.79 Å². The molecule has 2 amide bonds. The van der Waals surface area contributed by atoms with Crippen molar-refractivity contribution < 1.29 is 9.90 Å². The Morgan fingerprint density at radius 3 is 2.25 bits per heavy atom. The van der Waals surface area contributed by atoms with E-state index in [-0.39, 0.29) is 24.1 Å². The van der Waals surface area contributed by atoms with Crippen molar-refractivity contribution in [1.82, 2.24) is 10.6 Å². The fraction of sp³-hybridized carbons (Fsp3) is 0.350. The molecular weight excluding hydrogens is 300 g/mol. The second-order valence-electron chi connectivity index (χ2n) is 6.54. The molecule has 0 aromatic heterocycles. The highest BCUT2D eigenvalue weighted by Crippen LogP contribution is 2.47. The first kappa shape index (κ1) is 16.5. The Morgan fingerprint density at radius 1 is 1.04 bits per heavy atom. The molecule has 0 saturated heterocycles. The molecule has 1 aliphatic rings. The molecule has 0 spiro atoms. The van der Waals surface area contributed by atoms with Crippen LogP contribution in [0.2, 0.25) is 0 Å². The smallest absolute Gasteiger partial charge is 0.315 e.